The fraction of sp³-hybridized carbons (Fsp3) is 0.556. The summed E-state index contributed by atoms with van der Waals surface area (Å²) in [7, 11) is 0. The van der Waals surface area contributed by atoms with Gasteiger partial charge in [-0.1, -0.05) is 24.6 Å². The number of unbranched alkanes of at least 4 members (excludes halogenated alkanes) is 1. The van der Waals surface area contributed by atoms with E-state index in [-0.39, 0.29) is 12.3 Å². The fourth-order valence-corrected chi connectivity index (χ4v) is 2.53. The van der Waals surface area contributed by atoms with Gasteiger partial charge in [-0.05, 0) is 43.9 Å². The molecule has 5 heteroatoms. The summed E-state index contributed by atoms with van der Waals surface area (Å²) in [6.45, 7) is 8.27. The van der Waals surface area contributed by atoms with Crippen LogP contribution in [0.4, 0.5) is 0 Å². The van der Waals surface area contributed by atoms with Gasteiger partial charge in [0.15, 0.2) is 5.58 Å². The minimum atomic E-state index is -0.0343. The molecule has 1 aromatic heterocycles. The molecule has 0 bridgehead atoms. The van der Waals surface area contributed by atoms with E-state index in [2.05, 4.69) is 23.5 Å². The Balaban J connectivity index is 1.80. The lowest BCUT2D eigenvalue weighted by Crippen LogP contribution is -2.27. The van der Waals surface area contributed by atoms with E-state index in [4.69, 9.17) is 9.26 Å². The number of aromatic nitrogens is 1. The molecule has 0 fully saturated rings. The summed E-state index contributed by atoms with van der Waals surface area (Å²) in [6, 6.07) is 4.07. The zero-order valence-electron chi connectivity index (χ0n) is 14.3. The Bertz CT molecular complexity index is 649. The van der Waals surface area contributed by atoms with Crippen molar-refractivity contribution in [2.75, 3.05) is 19.8 Å². The van der Waals surface area contributed by atoms with Gasteiger partial charge in [0.1, 0.15) is 5.69 Å². The van der Waals surface area contributed by atoms with Crippen molar-refractivity contribution in [3.63, 3.8) is 0 Å². The highest BCUT2D eigenvalue weighted by Crippen LogP contribution is 2.23. The molecular formula is C18H26N2O3. The number of hydrogen-bond acceptors (Lipinski definition) is 4. The van der Waals surface area contributed by atoms with E-state index in [0.29, 0.717) is 18.8 Å². The lowest BCUT2D eigenvalue weighted by Gasteiger charge is -2.05. The lowest BCUT2D eigenvalue weighted by atomic mass is 10.1. The monoisotopic (exact) mass is 318 g/mol. The zero-order valence-corrected chi connectivity index (χ0v) is 14.3. The molecule has 0 saturated heterocycles. The van der Waals surface area contributed by atoms with E-state index in [9.17, 15) is 4.79 Å². The number of fused-ring (bicyclic) bond motifs is 1. The molecule has 1 amide bonds. The molecule has 1 aromatic carbocycles. The Labute approximate surface area is 137 Å². The van der Waals surface area contributed by atoms with Crippen molar-refractivity contribution in [3.8, 4) is 0 Å². The summed E-state index contributed by atoms with van der Waals surface area (Å²) in [5.41, 5.74) is 3.65. The number of benzene rings is 1. The molecule has 0 atom stereocenters. The smallest absolute Gasteiger partial charge is 0.226 e. The van der Waals surface area contributed by atoms with Crippen molar-refractivity contribution < 1.29 is 14.1 Å². The first-order chi connectivity index (χ1) is 11.1. The first-order valence-electron chi connectivity index (χ1n) is 8.31. The third kappa shape index (κ3) is 5.06. The van der Waals surface area contributed by atoms with Crippen molar-refractivity contribution >= 4 is 16.9 Å². The highest BCUT2D eigenvalue weighted by atomic mass is 16.5. The minimum absolute atomic E-state index is 0.0343. The summed E-state index contributed by atoms with van der Waals surface area (Å²) >= 11 is 0. The summed E-state index contributed by atoms with van der Waals surface area (Å²) in [4.78, 5) is 12.0. The van der Waals surface area contributed by atoms with E-state index in [1.54, 1.807) is 0 Å². The molecule has 1 N–H and O–H groups in total. The standard InChI is InChI=1S/C18H26N2O3/c1-4-5-8-22-9-6-7-19-17(21)12-16-15-11-13(2)10-14(3)18(15)23-20-16/h10-11H,4-9,12H2,1-3H3,(H,19,21). The maximum Gasteiger partial charge on any atom is 0.226 e. The summed E-state index contributed by atoms with van der Waals surface area (Å²) in [6.07, 6.45) is 3.30. The highest BCUT2D eigenvalue weighted by molar-refractivity contribution is 5.88. The molecular weight excluding hydrogens is 292 g/mol. The molecule has 126 valence electrons. The van der Waals surface area contributed by atoms with Crippen LogP contribution in [0.3, 0.4) is 0 Å². The van der Waals surface area contributed by atoms with Crippen molar-refractivity contribution in [2.45, 2.75) is 46.5 Å². The van der Waals surface area contributed by atoms with Crippen LogP contribution in [0, 0.1) is 13.8 Å². The second-order valence-corrected chi connectivity index (χ2v) is 5.93. The molecule has 0 aliphatic rings. The number of rotatable bonds is 9. The molecule has 2 rings (SSSR count). The van der Waals surface area contributed by atoms with Gasteiger partial charge in [-0.25, -0.2) is 0 Å². The van der Waals surface area contributed by atoms with Gasteiger partial charge in [0.05, 0.1) is 6.42 Å². The number of amides is 1. The second kappa shape index (κ2) is 8.67. The van der Waals surface area contributed by atoms with Gasteiger partial charge in [0, 0.05) is 25.1 Å². The van der Waals surface area contributed by atoms with Crippen LogP contribution < -0.4 is 5.32 Å². The van der Waals surface area contributed by atoms with Crippen LogP contribution in [0.25, 0.3) is 11.0 Å². The molecule has 2 aromatic rings. The number of ether oxygens (including phenoxy) is 1. The van der Waals surface area contributed by atoms with E-state index >= 15 is 0 Å². The Kier molecular flexibility index (Phi) is 6.59. The summed E-state index contributed by atoms with van der Waals surface area (Å²) < 4.78 is 10.8. The second-order valence-electron chi connectivity index (χ2n) is 5.93. The minimum Gasteiger partial charge on any atom is -0.381 e. The molecule has 0 radical (unpaired) electrons. The van der Waals surface area contributed by atoms with Gasteiger partial charge in [-0.2, -0.15) is 0 Å². The van der Waals surface area contributed by atoms with Crippen molar-refractivity contribution in [2.24, 2.45) is 0 Å². The molecule has 0 unspecified atom stereocenters. The van der Waals surface area contributed by atoms with Crippen LogP contribution in [0.5, 0.6) is 0 Å². The van der Waals surface area contributed by atoms with E-state index < -0.39 is 0 Å². The highest BCUT2D eigenvalue weighted by Gasteiger charge is 2.14. The number of nitrogens with zero attached hydrogens (tertiary/aromatic N) is 1. The maximum absolute atomic E-state index is 12.0. The van der Waals surface area contributed by atoms with Gasteiger partial charge >= 0.3 is 0 Å². The van der Waals surface area contributed by atoms with E-state index in [1.165, 1.54) is 0 Å². The van der Waals surface area contributed by atoms with E-state index in [1.807, 2.05) is 19.9 Å². The van der Waals surface area contributed by atoms with Crippen LogP contribution in [-0.4, -0.2) is 30.8 Å². The molecule has 23 heavy (non-hydrogen) atoms. The van der Waals surface area contributed by atoms with Gasteiger partial charge in [-0.3, -0.25) is 4.79 Å². The number of carbonyl (C=O) groups excluding carboxylic acids is 1. The number of hydrogen-bond donors (Lipinski definition) is 1. The molecule has 0 spiro atoms. The number of aryl methyl sites for hydroxylation is 2. The van der Waals surface area contributed by atoms with Gasteiger partial charge in [0.25, 0.3) is 0 Å². The van der Waals surface area contributed by atoms with Gasteiger partial charge < -0.3 is 14.6 Å². The molecule has 0 aliphatic heterocycles. The van der Waals surface area contributed by atoms with Crippen LogP contribution in [-0.2, 0) is 16.0 Å². The molecule has 5 nitrogen and oxygen atoms in total. The average molecular weight is 318 g/mol. The predicted molar refractivity (Wildman–Crippen MR) is 90.5 cm³/mol. The van der Waals surface area contributed by atoms with Crippen LogP contribution >= 0.6 is 0 Å². The van der Waals surface area contributed by atoms with Gasteiger partial charge in [0.2, 0.25) is 5.91 Å². The fourth-order valence-electron chi connectivity index (χ4n) is 2.53. The quantitative estimate of drug-likeness (QED) is 0.720. The molecule has 1 heterocycles. The van der Waals surface area contributed by atoms with Crippen LogP contribution in [0.2, 0.25) is 0 Å². The Morgan fingerprint density at radius 3 is 2.83 bits per heavy atom. The maximum atomic E-state index is 12.0. The Hall–Kier alpha value is -1.88. The number of nitrogens with one attached hydrogen (secondary N) is 1. The topological polar surface area (TPSA) is 64.4 Å². The first-order valence-corrected chi connectivity index (χ1v) is 8.31. The van der Waals surface area contributed by atoms with Crippen LogP contribution in [0.15, 0.2) is 16.7 Å². The van der Waals surface area contributed by atoms with Gasteiger partial charge in [-0.15, -0.1) is 0 Å². The van der Waals surface area contributed by atoms with Crippen molar-refractivity contribution in [1.82, 2.24) is 10.5 Å². The SMILES string of the molecule is CCCCOCCCNC(=O)Cc1noc2c(C)cc(C)cc12. The first kappa shape index (κ1) is 17.5. The third-order valence-electron chi connectivity index (χ3n) is 3.73. The van der Waals surface area contributed by atoms with Crippen molar-refractivity contribution in [1.29, 1.82) is 0 Å². The van der Waals surface area contributed by atoms with Crippen LogP contribution in [0.1, 0.15) is 43.0 Å². The third-order valence-corrected chi connectivity index (χ3v) is 3.73. The number of carbonyl (C=O) groups is 1. The molecule has 0 aliphatic carbocycles. The Morgan fingerprint density at radius 1 is 1.26 bits per heavy atom. The van der Waals surface area contributed by atoms with E-state index in [0.717, 1.165) is 48.0 Å². The molecule has 0 saturated carbocycles. The average Bonchev–Trinajstić information content (AvgIpc) is 2.89. The van der Waals surface area contributed by atoms with Crippen molar-refractivity contribution in [3.05, 3.63) is 29.0 Å². The lowest BCUT2D eigenvalue weighted by molar-refractivity contribution is -0.120. The summed E-state index contributed by atoms with van der Waals surface area (Å²) in [5, 5.41) is 7.89. The largest absolute Gasteiger partial charge is 0.381 e. The Morgan fingerprint density at radius 2 is 2.04 bits per heavy atom. The summed E-state index contributed by atoms with van der Waals surface area (Å²) in [5.74, 6) is -0.0343. The normalized spacial score (nSPS) is 11.1. The zero-order chi connectivity index (χ0) is 16.7. The predicted octanol–water partition coefficient (Wildman–Crippen LogP) is 3.31.